The van der Waals surface area contributed by atoms with Crippen molar-refractivity contribution in [1.29, 1.82) is 0 Å². The predicted octanol–water partition coefficient (Wildman–Crippen LogP) is 4.01. The van der Waals surface area contributed by atoms with Gasteiger partial charge in [0.15, 0.2) is 11.5 Å². The zero-order chi connectivity index (χ0) is 15.2. The van der Waals surface area contributed by atoms with Crippen molar-refractivity contribution < 1.29 is 9.47 Å². The Morgan fingerprint density at radius 1 is 1.19 bits per heavy atom. The molecule has 1 aliphatic rings. The molecule has 0 saturated heterocycles. The second kappa shape index (κ2) is 7.69. The predicted molar refractivity (Wildman–Crippen MR) is 87.0 cm³/mol. The first-order chi connectivity index (χ1) is 10.2. The van der Waals surface area contributed by atoms with Crippen molar-refractivity contribution >= 4 is 0 Å². The third-order valence-electron chi connectivity index (χ3n) is 4.56. The Balaban J connectivity index is 2.16. The molecule has 118 valence electrons. The van der Waals surface area contributed by atoms with Crippen molar-refractivity contribution in [2.24, 2.45) is 11.8 Å². The van der Waals surface area contributed by atoms with E-state index in [2.05, 4.69) is 25.2 Å². The molecule has 3 heteroatoms. The van der Waals surface area contributed by atoms with Crippen LogP contribution in [0.25, 0.3) is 0 Å². The number of para-hydroxylation sites is 1. The zero-order valence-electron chi connectivity index (χ0n) is 13.8. The second-order valence-electron chi connectivity index (χ2n) is 6.22. The van der Waals surface area contributed by atoms with Crippen LogP contribution in [0.2, 0.25) is 0 Å². The lowest BCUT2D eigenvalue weighted by atomic mass is 9.80. The Morgan fingerprint density at radius 3 is 2.67 bits per heavy atom. The van der Waals surface area contributed by atoms with E-state index in [1.165, 1.54) is 12.0 Å². The summed E-state index contributed by atoms with van der Waals surface area (Å²) in [4.78, 5) is 0. The van der Waals surface area contributed by atoms with Crippen molar-refractivity contribution in [1.82, 2.24) is 5.32 Å². The highest BCUT2D eigenvalue weighted by molar-refractivity contribution is 5.46. The number of ether oxygens (including phenoxy) is 2. The molecule has 3 atom stereocenters. The third kappa shape index (κ3) is 4.13. The van der Waals surface area contributed by atoms with E-state index in [0.29, 0.717) is 12.7 Å². The van der Waals surface area contributed by atoms with Gasteiger partial charge < -0.3 is 14.8 Å². The summed E-state index contributed by atoms with van der Waals surface area (Å²) in [7, 11) is 1.96. The van der Waals surface area contributed by atoms with E-state index in [0.717, 1.165) is 42.7 Å². The molecule has 1 N–H and O–H groups in total. The molecule has 0 radical (unpaired) electrons. The third-order valence-corrected chi connectivity index (χ3v) is 4.56. The number of benzene rings is 1. The molecule has 0 spiro atoms. The fourth-order valence-corrected chi connectivity index (χ4v) is 3.07. The van der Waals surface area contributed by atoms with E-state index in [-0.39, 0.29) is 0 Å². The quantitative estimate of drug-likeness (QED) is 0.859. The first-order valence-corrected chi connectivity index (χ1v) is 8.21. The van der Waals surface area contributed by atoms with E-state index in [1.807, 2.05) is 26.1 Å². The summed E-state index contributed by atoms with van der Waals surface area (Å²) in [5, 5.41) is 3.21. The number of hydrogen-bond donors (Lipinski definition) is 1. The molecule has 1 aromatic rings. The minimum Gasteiger partial charge on any atom is -0.490 e. The van der Waals surface area contributed by atoms with Gasteiger partial charge in [0.05, 0.1) is 12.7 Å². The number of nitrogens with one attached hydrogen (secondary N) is 1. The molecule has 1 saturated carbocycles. The average molecular weight is 291 g/mol. The lowest BCUT2D eigenvalue weighted by molar-refractivity contribution is 0.0958. The van der Waals surface area contributed by atoms with Gasteiger partial charge in [-0.1, -0.05) is 26.0 Å². The van der Waals surface area contributed by atoms with Crippen LogP contribution in [0.3, 0.4) is 0 Å². The summed E-state index contributed by atoms with van der Waals surface area (Å²) in [6, 6.07) is 6.16. The minimum absolute atomic E-state index is 0.313. The number of rotatable bonds is 6. The second-order valence-corrected chi connectivity index (χ2v) is 6.22. The molecule has 1 aromatic carbocycles. The first kappa shape index (κ1) is 16.2. The van der Waals surface area contributed by atoms with Crippen molar-refractivity contribution in [2.45, 2.75) is 52.7 Å². The molecule has 1 aliphatic carbocycles. The molecule has 3 nitrogen and oxygen atoms in total. The van der Waals surface area contributed by atoms with Crippen LogP contribution in [0.1, 0.15) is 45.6 Å². The Bertz CT molecular complexity index is 423. The maximum Gasteiger partial charge on any atom is 0.166 e. The minimum atomic E-state index is 0.313. The van der Waals surface area contributed by atoms with Gasteiger partial charge in [-0.05, 0) is 51.1 Å². The van der Waals surface area contributed by atoms with E-state index in [4.69, 9.17) is 9.47 Å². The fourth-order valence-electron chi connectivity index (χ4n) is 3.07. The molecule has 1 fully saturated rings. The lowest BCUT2D eigenvalue weighted by Gasteiger charge is -2.33. The molecule has 0 bridgehead atoms. The molecule has 0 aromatic heterocycles. The summed E-state index contributed by atoms with van der Waals surface area (Å²) in [5.41, 5.74) is 1.18. The van der Waals surface area contributed by atoms with Crippen LogP contribution < -0.4 is 14.8 Å². The summed E-state index contributed by atoms with van der Waals surface area (Å²) in [6.45, 7) is 8.16. The highest BCUT2D eigenvalue weighted by Gasteiger charge is 2.27. The Hall–Kier alpha value is -1.22. The summed E-state index contributed by atoms with van der Waals surface area (Å²) in [5.74, 6) is 3.34. The van der Waals surface area contributed by atoms with Gasteiger partial charge in [-0.3, -0.25) is 0 Å². The van der Waals surface area contributed by atoms with Gasteiger partial charge in [0.25, 0.3) is 0 Å². The first-order valence-electron chi connectivity index (χ1n) is 8.21. The van der Waals surface area contributed by atoms with Crippen LogP contribution in [0.15, 0.2) is 18.2 Å². The van der Waals surface area contributed by atoms with Crippen LogP contribution in [0.5, 0.6) is 11.5 Å². The van der Waals surface area contributed by atoms with Crippen molar-refractivity contribution in [3.8, 4) is 11.5 Å². The van der Waals surface area contributed by atoms with Crippen molar-refractivity contribution in [3.63, 3.8) is 0 Å². The van der Waals surface area contributed by atoms with Gasteiger partial charge in [0.2, 0.25) is 0 Å². The van der Waals surface area contributed by atoms with E-state index in [9.17, 15) is 0 Å². The molecule has 3 unspecified atom stereocenters. The number of hydrogen-bond acceptors (Lipinski definition) is 3. The van der Waals surface area contributed by atoms with Gasteiger partial charge >= 0.3 is 0 Å². The van der Waals surface area contributed by atoms with Gasteiger partial charge in [0, 0.05) is 12.1 Å². The summed E-state index contributed by atoms with van der Waals surface area (Å²) >= 11 is 0. The normalized spacial score (nSPS) is 25.6. The molecule has 0 amide bonds. The van der Waals surface area contributed by atoms with Crippen LogP contribution in [-0.2, 0) is 6.54 Å². The highest BCUT2D eigenvalue weighted by Crippen LogP contribution is 2.37. The van der Waals surface area contributed by atoms with Gasteiger partial charge in [-0.2, -0.15) is 0 Å². The largest absolute Gasteiger partial charge is 0.490 e. The van der Waals surface area contributed by atoms with E-state index < -0.39 is 0 Å². The van der Waals surface area contributed by atoms with E-state index >= 15 is 0 Å². The molecular formula is C18H29NO2. The summed E-state index contributed by atoms with van der Waals surface area (Å²) < 4.78 is 12.1. The molecule has 0 heterocycles. The SMILES string of the molecule is CCOc1cccc(CNC)c1OC1CCC(C)C(C)C1. The fraction of sp³-hybridized carbons (Fsp3) is 0.667. The van der Waals surface area contributed by atoms with Gasteiger partial charge in [-0.15, -0.1) is 0 Å². The summed E-state index contributed by atoms with van der Waals surface area (Å²) in [6.07, 6.45) is 3.85. The van der Waals surface area contributed by atoms with Crippen LogP contribution in [-0.4, -0.2) is 19.8 Å². The van der Waals surface area contributed by atoms with Crippen molar-refractivity contribution in [3.05, 3.63) is 23.8 Å². The molecular weight excluding hydrogens is 262 g/mol. The Kier molecular flexibility index (Phi) is 5.92. The lowest BCUT2D eigenvalue weighted by Crippen LogP contribution is -2.29. The molecule has 2 rings (SSSR count). The molecule has 21 heavy (non-hydrogen) atoms. The topological polar surface area (TPSA) is 30.5 Å². The zero-order valence-corrected chi connectivity index (χ0v) is 13.8. The monoisotopic (exact) mass is 291 g/mol. The Labute approximate surface area is 129 Å². The average Bonchev–Trinajstić information content (AvgIpc) is 2.46. The maximum absolute atomic E-state index is 6.38. The van der Waals surface area contributed by atoms with Crippen LogP contribution in [0, 0.1) is 11.8 Å². The smallest absolute Gasteiger partial charge is 0.166 e. The highest BCUT2D eigenvalue weighted by atomic mass is 16.5. The Morgan fingerprint density at radius 2 is 2.00 bits per heavy atom. The van der Waals surface area contributed by atoms with Crippen molar-refractivity contribution in [2.75, 3.05) is 13.7 Å². The van der Waals surface area contributed by atoms with E-state index in [1.54, 1.807) is 0 Å². The van der Waals surface area contributed by atoms with Gasteiger partial charge in [0.1, 0.15) is 0 Å². The maximum atomic E-state index is 6.38. The van der Waals surface area contributed by atoms with Gasteiger partial charge in [-0.25, -0.2) is 0 Å². The van der Waals surface area contributed by atoms with Crippen LogP contribution in [0.4, 0.5) is 0 Å². The van der Waals surface area contributed by atoms with Crippen LogP contribution >= 0.6 is 0 Å². The molecule has 0 aliphatic heterocycles. The standard InChI is InChI=1S/C18H29NO2/c1-5-20-17-8-6-7-15(12-19-4)18(17)21-16-10-9-13(2)14(3)11-16/h6-8,13-14,16,19H,5,9-12H2,1-4H3.